The average molecular weight is 507 g/mol. The zero-order valence-electron chi connectivity index (χ0n) is 20.5. The van der Waals surface area contributed by atoms with Gasteiger partial charge >= 0.3 is 5.97 Å². The van der Waals surface area contributed by atoms with Crippen molar-refractivity contribution in [3.05, 3.63) is 46.8 Å². The van der Waals surface area contributed by atoms with Gasteiger partial charge in [-0.15, -0.1) is 11.3 Å². The predicted octanol–water partition coefficient (Wildman–Crippen LogP) is 6.82. The lowest BCUT2D eigenvalue weighted by molar-refractivity contribution is -0.144. The van der Waals surface area contributed by atoms with Crippen molar-refractivity contribution >= 4 is 35.2 Å². The fourth-order valence-corrected chi connectivity index (χ4v) is 8.81. The summed E-state index contributed by atoms with van der Waals surface area (Å²) in [5, 5.41) is 0. The molecule has 0 aliphatic carbocycles. The van der Waals surface area contributed by atoms with E-state index in [1.165, 1.54) is 29.7 Å². The first kappa shape index (κ1) is 26.2. The highest BCUT2D eigenvalue weighted by Crippen LogP contribution is 2.47. The molecular formula is C26H38O4S2Si. The number of aryl methyl sites for hydroxylation is 1. The lowest BCUT2D eigenvalue weighted by Crippen LogP contribution is -2.42. The van der Waals surface area contributed by atoms with Crippen molar-refractivity contribution in [2.24, 2.45) is 0 Å². The summed E-state index contributed by atoms with van der Waals surface area (Å²) >= 11 is 1.51. The van der Waals surface area contributed by atoms with Crippen molar-refractivity contribution in [2.45, 2.75) is 82.3 Å². The molecule has 1 fully saturated rings. The van der Waals surface area contributed by atoms with Gasteiger partial charge in [0, 0.05) is 17.8 Å². The Balaban J connectivity index is 1.84. The molecule has 7 heteroatoms. The summed E-state index contributed by atoms with van der Waals surface area (Å²) in [6.07, 6.45) is 5.29. The van der Waals surface area contributed by atoms with E-state index in [0.717, 1.165) is 34.2 Å². The molecule has 0 radical (unpaired) electrons. The molecule has 1 atom stereocenters. The number of ether oxygens (including phenoxy) is 1. The summed E-state index contributed by atoms with van der Waals surface area (Å²) in [6.45, 7) is 9.27. The topological polar surface area (TPSA) is 60.4 Å². The van der Waals surface area contributed by atoms with Gasteiger partial charge in [0.1, 0.15) is 4.75 Å². The van der Waals surface area contributed by atoms with Gasteiger partial charge in [0.15, 0.2) is 9.84 Å². The number of benzene rings is 1. The van der Waals surface area contributed by atoms with Gasteiger partial charge in [0.25, 0.3) is 0 Å². The van der Waals surface area contributed by atoms with Crippen LogP contribution in [0.5, 0.6) is 0 Å². The molecule has 1 aromatic heterocycles. The van der Waals surface area contributed by atoms with Crippen molar-refractivity contribution < 1.29 is 17.9 Å². The average Bonchev–Trinajstić information content (AvgIpc) is 3.24. The number of thiophene rings is 1. The molecule has 4 nitrogen and oxygen atoms in total. The molecule has 3 rings (SSSR count). The minimum absolute atomic E-state index is 0.0864. The highest BCUT2D eigenvalue weighted by atomic mass is 32.2. The van der Waals surface area contributed by atoms with Crippen molar-refractivity contribution in [3.8, 4) is 10.4 Å². The maximum Gasteiger partial charge on any atom is 0.307 e. The van der Waals surface area contributed by atoms with E-state index >= 15 is 0 Å². The van der Waals surface area contributed by atoms with E-state index in [9.17, 15) is 13.2 Å². The lowest BCUT2D eigenvalue weighted by Gasteiger charge is -2.35. The van der Waals surface area contributed by atoms with Gasteiger partial charge in [-0.1, -0.05) is 63.7 Å². The fraction of sp³-hybridized carbons (Fsp3) is 0.577. The molecule has 33 heavy (non-hydrogen) atoms. The number of sulfone groups is 1. The number of esters is 1. The van der Waals surface area contributed by atoms with Gasteiger partial charge in [0.2, 0.25) is 0 Å². The van der Waals surface area contributed by atoms with Gasteiger partial charge in [-0.2, -0.15) is 0 Å². The fourth-order valence-electron chi connectivity index (χ4n) is 4.33. The van der Waals surface area contributed by atoms with E-state index in [1.54, 1.807) is 0 Å². The summed E-state index contributed by atoms with van der Waals surface area (Å²) in [4.78, 5) is 14.6. The SMILES string of the molecule is CCCCc1ccc(-c2ccc([C@@]3(CC(=O)OCC[Si](C)(C)C)CCCCS3(=O)=O)s2)cc1. The van der Waals surface area contributed by atoms with Gasteiger partial charge in [-0.25, -0.2) is 8.42 Å². The van der Waals surface area contributed by atoms with Crippen LogP contribution in [0.15, 0.2) is 36.4 Å². The van der Waals surface area contributed by atoms with Crippen LogP contribution in [0.3, 0.4) is 0 Å². The van der Waals surface area contributed by atoms with Crippen LogP contribution in [-0.2, 0) is 30.5 Å². The lowest BCUT2D eigenvalue weighted by atomic mass is 9.95. The number of hydrogen-bond donors (Lipinski definition) is 0. The largest absolute Gasteiger partial charge is 0.466 e. The zero-order chi connectivity index (χ0) is 24.1. The molecule has 182 valence electrons. The summed E-state index contributed by atoms with van der Waals surface area (Å²) in [7, 11) is -4.78. The molecule has 0 unspecified atom stereocenters. The molecule has 0 amide bonds. The molecule has 1 aromatic carbocycles. The number of carbonyl (C=O) groups excluding carboxylic acids is 1. The molecule has 0 N–H and O–H groups in total. The summed E-state index contributed by atoms with van der Waals surface area (Å²) < 4.78 is 31.1. The Labute approximate surface area is 204 Å². The number of carbonyl (C=O) groups is 1. The Morgan fingerprint density at radius 2 is 1.82 bits per heavy atom. The Kier molecular flexibility index (Phi) is 8.62. The first-order valence-electron chi connectivity index (χ1n) is 12.1. The second kappa shape index (κ2) is 10.9. The molecule has 1 aliphatic heterocycles. The van der Waals surface area contributed by atoms with Crippen LogP contribution < -0.4 is 0 Å². The number of hydrogen-bond acceptors (Lipinski definition) is 5. The van der Waals surface area contributed by atoms with Crippen LogP contribution in [0.1, 0.15) is 55.9 Å². The van der Waals surface area contributed by atoms with Gasteiger partial charge < -0.3 is 4.74 Å². The standard InChI is InChI=1S/C26H38O4S2Si/c1-5-6-9-21-10-12-22(13-11-21)23-14-15-24(31-23)26(16-7-8-18-32(26,28)29)20-25(27)30-17-19-33(2,3)4/h10-15H,5-9,16-20H2,1-4H3/t26-/m0/s1. The van der Waals surface area contributed by atoms with Gasteiger partial charge in [-0.3, -0.25) is 4.79 Å². The molecule has 0 bridgehead atoms. The molecule has 2 heterocycles. The van der Waals surface area contributed by atoms with Crippen molar-refractivity contribution in [1.82, 2.24) is 0 Å². The Morgan fingerprint density at radius 1 is 1.09 bits per heavy atom. The van der Waals surface area contributed by atoms with Crippen LogP contribution in [0.4, 0.5) is 0 Å². The van der Waals surface area contributed by atoms with Crippen LogP contribution in [0.2, 0.25) is 25.7 Å². The quantitative estimate of drug-likeness (QED) is 0.262. The predicted molar refractivity (Wildman–Crippen MR) is 141 cm³/mol. The molecule has 2 aromatic rings. The molecule has 0 spiro atoms. The first-order valence-corrected chi connectivity index (χ1v) is 18.3. The molecular weight excluding hydrogens is 469 g/mol. The zero-order valence-corrected chi connectivity index (χ0v) is 23.1. The number of unbranched alkanes of at least 4 members (excludes halogenated alkanes) is 1. The normalized spacial score (nSPS) is 20.5. The smallest absolute Gasteiger partial charge is 0.307 e. The summed E-state index contributed by atoms with van der Waals surface area (Å²) in [6, 6.07) is 13.4. The van der Waals surface area contributed by atoms with E-state index in [0.29, 0.717) is 19.4 Å². The maximum atomic E-state index is 13.4. The summed E-state index contributed by atoms with van der Waals surface area (Å²) in [5.41, 5.74) is 2.41. The minimum Gasteiger partial charge on any atom is -0.466 e. The molecule has 1 aliphatic rings. The van der Waals surface area contributed by atoms with E-state index in [-0.39, 0.29) is 12.2 Å². The number of rotatable bonds is 10. The Bertz CT molecular complexity index is 1030. The Hall–Kier alpha value is -1.44. The van der Waals surface area contributed by atoms with Crippen LogP contribution in [-0.4, -0.2) is 34.8 Å². The third-order valence-corrected chi connectivity index (χ3v) is 12.3. The van der Waals surface area contributed by atoms with E-state index in [1.807, 2.05) is 12.1 Å². The van der Waals surface area contributed by atoms with E-state index in [2.05, 4.69) is 50.8 Å². The summed E-state index contributed by atoms with van der Waals surface area (Å²) in [5.74, 6) is -0.261. The second-order valence-corrected chi connectivity index (χ2v) is 19.6. The molecule has 1 saturated heterocycles. The minimum atomic E-state index is -3.45. The highest BCUT2D eigenvalue weighted by Gasteiger charge is 2.49. The first-order chi connectivity index (χ1) is 15.6. The van der Waals surface area contributed by atoms with Crippen LogP contribution >= 0.6 is 11.3 Å². The van der Waals surface area contributed by atoms with Crippen molar-refractivity contribution in [2.75, 3.05) is 12.4 Å². The third kappa shape index (κ3) is 6.58. The second-order valence-electron chi connectivity index (χ2n) is 10.4. The van der Waals surface area contributed by atoms with Gasteiger partial charge in [-0.05, 0) is 55.0 Å². The van der Waals surface area contributed by atoms with E-state index in [4.69, 9.17) is 4.74 Å². The van der Waals surface area contributed by atoms with E-state index < -0.39 is 28.6 Å². The maximum absolute atomic E-state index is 13.4. The van der Waals surface area contributed by atoms with Crippen LogP contribution in [0.25, 0.3) is 10.4 Å². The Morgan fingerprint density at radius 3 is 2.45 bits per heavy atom. The van der Waals surface area contributed by atoms with Crippen LogP contribution in [0, 0.1) is 0 Å². The third-order valence-electron chi connectivity index (χ3n) is 6.50. The highest BCUT2D eigenvalue weighted by molar-refractivity contribution is 7.92. The van der Waals surface area contributed by atoms with Crippen molar-refractivity contribution in [1.29, 1.82) is 0 Å². The van der Waals surface area contributed by atoms with Gasteiger partial charge in [0.05, 0.1) is 18.8 Å². The molecule has 0 saturated carbocycles. The van der Waals surface area contributed by atoms with Crippen molar-refractivity contribution in [3.63, 3.8) is 0 Å². The monoisotopic (exact) mass is 506 g/mol.